The first kappa shape index (κ1) is 23.3. The number of hydrogen-bond donors (Lipinski definition) is 0. The van der Waals surface area contributed by atoms with Crippen molar-refractivity contribution in [1.82, 2.24) is 0 Å². The van der Waals surface area contributed by atoms with Gasteiger partial charge in [-0.1, -0.05) is 28.5 Å². The second-order valence-corrected chi connectivity index (χ2v) is 8.64. The highest BCUT2D eigenvalue weighted by molar-refractivity contribution is 8.01. The van der Waals surface area contributed by atoms with Gasteiger partial charge in [0.1, 0.15) is 36.4 Å². The van der Waals surface area contributed by atoms with Gasteiger partial charge in [-0.25, -0.2) is 0 Å². The van der Waals surface area contributed by atoms with Crippen LogP contribution in [0.3, 0.4) is 0 Å². The average molecular weight is 464 g/mol. The number of rotatable bonds is 7. The Bertz CT molecular complexity index is 814. The predicted octanol–water partition coefficient (Wildman–Crippen LogP) is 3.32. The van der Waals surface area contributed by atoms with Crippen molar-refractivity contribution >= 4 is 52.6 Å². The summed E-state index contributed by atoms with van der Waals surface area (Å²) in [6.45, 7) is 3.34. The maximum absolute atomic E-state index is 11.7. The summed E-state index contributed by atoms with van der Waals surface area (Å²) >= 11 is 8.50. The molecule has 2 rings (SSSR count). The molecule has 0 aliphatic carbocycles. The molecule has 158 valence electrons. The Morgan fingerprint density at radius 1 is 1.24 bits per heavy atom. The third-order valence-corrected chi connectivity index (χ3v) is 6.24. The molecule has 1 aromatic heterocycles. The number of nitrogens with zero attached hydrogens (tertiary/aromatic N) is 3. The summed E-state index contributed by atoms with van der Waals surface area (Å²) in [5, 5.41) is 5.94. The van der Waals surface area contributed by atoms with Gasteiger partial charge in [0.2, 0.25) is 0 Å². The Morgan fingerprint density at radius 2 is 1.90 bits per heavy atom. The first-order valence-corrected chi connectivity index (χ1v) is 10.4. The van der Waals surface area contributed by atoms with Gasteiger partial charge in [0, 0.05) is 31.1 Å². The zero-order chi connectivity index (χ0) is 21.6. The summed E-state index contributed by atoms with van der Waals surface area (Å²) in [6, 6.07) is 0.599. The maximum Gasteiger partial charge on any atom is 0.303 e. The molecule has 0 saturated carbocycles. The second kappa shape index (κ2) is 10.7. The molecular formula is C16H18ClN3O7S2. The maximum atomic E-state index is 11.7. The van der Waals surface area contributed by atoms with Crippen LogP contribution in [0.1, 0.15) is 20.8 Å². The van der Waals surface area contributed by atoms with Crippen LogP contribution in [-0.2, 0) is 33.3 Å². The molecule has 1 fully saturated rings. The molecule has 5 atom stereocenters. The van der Waals surface area contributed by atoms with Crippen molar-refractivity contribution in [3.05, 3.63) is 26.9 Å². The minimum Gasteiger partial charge on any atom is -0.463 e. The molecule has 1 saturated heterocycles. The summed E-state index contributed by atoms with van der Waals surface area (Å²) in [4.78, 5) is 37.3. The fraction of sp³-hybridized carbons (Fsp3) is 0.562. The van der Waals surface area contributed by atoms with Gasteiger partial charge < -0.3 is 18.9 Å². The Balaban J connectivity index is 2.40. The molecule has 0 amide bonds. The SMILES string of the molecule is CC(=O)OCC1O[C@H](Sc2cc(Cl)cs2)C(OC(C)=O)C(N=[N+]=[N-])[C@H]1OC(C)=O. The number of hydrogen-bond acceptors (Lipinski definition) is 10. The molecule has 29 heavy (non-hydrogen) atoms. The van der Waals surface area contributed by atoms with Crippen LogP contribution in [0, 0.1) is 0 Å². The van der Waals surface area contributed by atoms with E-state index in [9.17, 15) is 14.4 Å². The van der Waals surface area contributed by atoms with E-state index in [1.807, 2.05) is 0 Å². The lowest BCUT2D eigenvalue weighted by Gasteiger charge is -2.43. The first-order valence-electron chi connectivity index (χ1n) is 8.29. The van der Waals surface area contributed by atoms with Gasteiger partial charge in [-0.2, -0.15) is 0 Å². The van der Waals surface area contributed by atoms with Crippen LogP contribution in [0.4, 0.5) is 0 Å². The zero-order valence-electron chi connectivity index (χ0n) is 15.6. The standard InChI is InChI=1S/C16H18ClN3O7S2/c1-7(21)24-5-11-14(25-8(2)22)13(19-20-18)15(26-9(3)23)16(27-11)29-12-4-10(17)6-28-12/h4,6,11,13-16H,5H2,1-3H3/t11?,13?,14-,15?,16+/m0/s1. The van der Waals surface area contributed by atoms with Crippen LogP contribution < -0.4 is 0 Å². The molecule has 3 unspecified atom stereocenters. The summed E-state index contributed by atoms with van der Waals surface area (Å²) in [5.41, 5.74) is 8.20. The average Bonchev–Trinajstić information content (AvgIpc) is 3.02. The van der Waals surface area contributed by atoms with Crippen LogP contribution >= 0.6 is 34.7 Å². The van der Waals surface area contributed by atoms with E-state index >= 15 is 0 Å². The second-order valence-electron chi connectivity index (χ2n) is 5.89. The van der Waals surface area contributed by atoms with E-state index in [0.29, 0.717) is 5.02 Å². The Kier molecular flexibility index (Phi) is 8.60. The third-order valence-electron chi connectivity index (χ3n) is 3.63. The van der Waals surface area contributed by atoms with Crippen molar-refractivity contribution < 1.29 is 33.3 Å². The van der Waals surface area contributed by atoms with Crippen LogP contribution in [0.25, 0.3) is 10.4 Å². The van der Waals surface area contributed by atoms with E-state index < -0.39 is 47.7 Å². The number of ether oxygens (including phenoxy) is 4. The highest BCUT2D eigenvalue weighted by Gasteiger charge is 2.50. The highest BCUT2D eigenvalue weighted by atomic mass is 35.5. The molecule has 1 aliphatic heterocycles. The Hall–Kier alpha value is -1.98. The number of carbonyl (C=O) groups is 3. The van der Waals surface area contributed by atoms with E-state index in [4.69, 9.17) is 36.1 Å². The molecule has 0 N–H and O–H groups in total. The lowest BCUT2D eigenvalue weighted by atomic mass is 9.97. The smallest absolute Gasteiger partial charge is 0.303 e. The quantitative estimate of drug-likeness (QED) is 0.197. The van der Waals surface area contributed by atoms with E-state index in [0.717, 1.165) is 4.21 Å². The number of esters is 3. The molecule has 0 spiro atoms. The van der Waals surface area contributed by atoms with Gasteiger partial charge in [-0.15, -0.1) is 11.3 Å². The Morgan fingerprint density at radius 3 is 2.41 bits per heavy atom. The predicted molar refractivity (Wildman–Crippen MR) is 105 cm³/mol. The number of thioether (sulfide) groups is 1. The lowest BCUT2D eigenvalue weighted by molar-refractivity contribution is -0.201. The highest BCUT2D eigenvalue weighted by Crippen LogP contribution is 2.40. The van der Waals surface area contributed by atoms with Crippen molar-refractivity contribution in [2.24, 2.45) is 5.11 Å². The normalized spacial score (nSPS) is 26.1. The lowest BCUT2D eigenvalue weighted by Crippen LogP contribution is -2.59. The number of thiophene rings is 1. The van der Waals surface area contributed by atoms with Gasteiger partial charge in [0.15, 0.2) is 0 Å². The summed E-state index contributed by atoms with van der Waals surface area (Å²) < 4.78 is 22.4. The van der Waals surface area contributed by atoms with Gasteiger partial charge in [-0.05, 0) is 11.6 Å². The minimum absolute atomic E-state index is 0.250. The van der Waals surface area contributed by atoms with Crippen LogP contribution in [0.5, 0.6) is 0 Å². The molecule has 1 aromatic rings. The Labute approximate surface area is 179 Å². The summed E-state index contributed by atoms with van der Waals surface area (Å²) in [5.74, 6) is -1.86. The van der Waals surface area contributed by atoms with Gasteiger partial charge in [0.25, 0.3) is 0 Å². The van der Waals surface area contributed by atoms with Crippen molar-refractivity contribution in [3.8, 4) is 0 Å². The fourth-order valence-electron chi connectivity index (χ4n) is 2.64. The number of carbonyl (C=O) groups excluding carboxylic acids is 3. The monoisotopic (exact) mass is 463 g/mol. The first-order chi connectivity index (χ1) is 13.7. The van der Waals surface area contributed by atoms with Crippen LogP contribution in [0.2, 0.25) is 5.02 Å². The van der Waals surface area contributed by atoms with Gasteiger partial charge in [-0.3, -0.25) is 14.4 Å². The number of halogens is 1. The van der Waals surface area contributed by atoms with Crippen molar-refractivity contribution in [2.45, 2.75) is 54.8 Å². The van der Waals surface area contributed by atoms with Crippen LogP contribution in [0.15, 0.2) is 20.8 Å². The number of azide groups is 1. The molecule has 1 aliphatic rings. The molecular weight excluding hydrogens is 446 g/mol. The van der Waals surface area contributed by atoms with Gasteiger partial charge >= 0.3 is 17.9 Å². The third kappa shape index (κ3) is 6.79. The minimum atomic E-state index is -1.13. The van der Waals surface area contributed by atoms with Crippen molar-refractivity contribution in [2.75, 3.05) is 6.61 Å². The zero-order valence-corrected chi connectivity index (χ0v) is 18.0. The van der Waals surface area contributed by atoms with E-state index in [1.54, 1.807) is 11.4 Å². The van der Waals surface area contributed by atoms with Crippen molar-refractivity contribution in [1.29, 1.82) is 0 Å². The summed E-state index contributed by atoms with van der Waals surface area (Å²) in [6.07, 6.45) is -3.14. The summed E-state index contributed by atoms with van der Waals surface area (Å²) in [7, 11) is 0. The fourth-order valence-corrected chi connectivity index (χ4v) is 5.13. The topological polar surface area (TPSA) is 137 Å². The van der Waals surface area contributed by atoms with Gasteiger partial charge in [0.05, 0.1) is 9.23 Å². The molecule has 2 heterocycles. The van der Waals surface area contributed by atoms with E-state index in [1.165, 1.54) is 43.9 Å². The van der Waals surface area contributed by atoms with E-state index in [2.05, 4.69) is 10.0 Å². The molecule has 13 heteroatoms. The molecule has 0 aromatic carbocycles. The molecule has 10 nitrogen and oxygen atoms in total. The molecule has 0 bridgehead atoms. The van der Waals surface area contributed by atoms with Crippen LogP contribution in [-0.4, -0.2) is 54.3 Å². The van der Waals surface area contributed by atoms with E-state index in [-0.39, 0.29) is 6.61 Å². The largest absolute Gasteiger partial charge is 0.463 e. The van der Waals surface area contributed by atoms with Crippen molar-refractivity contribution in [3.63, 3.8) is 0 Å². The molecule has 0 radical (unpaired) electrons.